The lowest BCUT2D eigenvalue weighted by Crippen LogP contribution is -2.37. The molecule has 1 aliphatic carbocycles. The van der Waals surface area contributed by atoms with E-state index in [-0.39, 0.29) is 12.8 Å². The van der Waals surface area contributed by atoms with E-state index in [1.54, 1.807) is 0 Å². The van der Waals surface area contributed by atoms with Crippen LogP contribution in [0.15, 0.2) is 0 Å². The highest BCUT2D eigenvalue weighted by Crippen LogP contribution is 2.42. The number of alkyl halides is 1. The molecule has 0 aromatic carbocycles. The molecule has 2 nitrogen and oxygen atoms in total. The number of hydrogen-bond acceptors (Lipinski definition) is 2. The Morgan fingerprint density at radius 3 is 1.89 bits per heavy atom. The Kier molecular flexibility index (Phi) is 1.48. The third kappa shape index (κ3) is 1.05. The van der Waals surface area contributed by atoms with Crippen LogP contribution in [0.5, 0.6) is 0 Å². The minimum atomic E-state index is -3.96. The third-order valence-corrected chi connectivity index (χ3v) is 3.65. The van der Waals surface area contributed by atoms with E-state index in [9.17, 15) is 12.8 Å². The molecule has 0 amide bonds. The van der Waals surface area contributed by atoms with Crippen molar-refractivity contribution in [3.05, 3.63) is 0 Å². The second-order valence-corrected chi connectivity index (χ2v) is 5.00. The maximum atomic E-state index is 12.7. The zero-order valence-corrected chi connectivity index (χ0v) is 6.17. The van der Waals surface area contributed by atoms with Gasteiger partial charge in [-0.3, -0.25) is 0 Å². The summed E-state index contributed by atoms with van der Waals surface area (Å²) in [4.78, 5) is 0. The van der Waals surface area contributed by atoms with Crippen LogP contribution in [0.2, 0.25) is 0 Å². The highest BCUT2D eigenvalue weighted by molar-refractivity contribution is 8.14. The lowest BCUT2D eigenvalue weighted by molar-refractivity contribution is 0.158. The molecule has 0 radical (unpaired) electrons. The van der Waals surface area contributed by atoms with Crippen molar-refractivity contribution in [3.8, 4) is 0 Å². The van der Waals surface area contributed by atoms with Gasteiger partial charge in [0.25, 0.3) is 9.05 Å². The van der Waals surface area contributed by atoms with Gasteiger partial charge in [0.05, 0.1) is 0 Å². The molecule has 0 spiro atoms. The topological polar surface area (TPSA) is 34.1 Å². The van der Waals surface area contributed by atoms with Crippen molar-refractivity contribution in [3.63, 3.8) is 0 Å². The van der Waals surface area contributed by atoms with Gasteiger partial charge in [-0.1, -0.05) is 0 Å². The van der Waals surface area contributed by atoms with Gasteiger partial charge in [-0.25, -0.2) is 12.8 Å². The standard InChI is InChI=1S/C4H6ClFO2S/c5-9(7,8)4(6)2-1-3-4/h1-3H2. The zero-order chi connectivity index (χ0) is 7.12. The Labute approximate surface area is 57.4 Å². The monoisotopic (exact) mass is 172 g/mol. The summed E-state index contributed by atoms with van der Waals surface area (Å²) in [5, 5.41) is -2.10. The molecule has 0 aromatic rings. The molecule has 0 aromatic heterocycles. The molecule has 1 rings (SSSR count). The summed E-state index contributed by atoms with van der Waals surface area (Å²) in [7, 11) is 0.813. The van der Waals surface area contributed by atoms with E-state index in [0.717, 1.165) is 0 Å². The van der Waals surface area contributed by atoms with Crippen molar-refractivity contribution >= 4 is 19.7 Å². The first-order valence-corrected chi connectivity index (χ1v) is 4.90. The fourth-order valence-electron chi connectivity index (χ4n) is 0.699. The van der Waals surface area contributed by atoms with Crippen molar-refractivity contribution in [1.82, 2.24) is 0 Å². The van der Waals surface area contributed by atoms with Crippen molar-refractivity contribution in [2.45, 2.75) is 24.3 Å². The van der Waals surface area contributed by atoms with Crippen LogP contribution in [0.1, 0.15) is 19.3 Å². The molecule has 54 valence electrons. The van der Waals surface area contributed by atoms with Crippen molar-refractivity contribution in [2.24, 2.45) is 0 Å². The minimum absolute atomic E-state index is 0.0544. The highest BCUT2D eigenvalue weighted by atomic mass is 35.7. The predicted molar refractivity (Wildman–Crippen MR) is 32.5 cm³/mol. The van der Waals surface area contributed by atoms with Gasteiger partial charge in [-0.05, 0) is 19.3 Å². The first kappa shape index (κ1) is 7.28. The molecule has 0 N–H and O–H groups in total. The van der Waals surface area contributed by atoms with E-state index in [2.05, 4.69) is 0 Å². The molecule has 0 saturated heterocycles. The Hall–Kier alpha value is 0.170. The van der Waals surface area contributed by atoms with Crippen LogP contribution in [-0.2, 0) is 9.05 Å². The molecule has 0 heterocycles. The average molecular weight is 173 g/mol. The summed E-state index contributed by atoms with van der Waals surface area (Å²) < 4.78 is 33.3. The summed E-state index contributed by atoms with van der Waals surface area (Å²) in [6.07, 6.45) is 0.722. The van der Waals surface area contributed by atoms with Crippen LogP contribution in [0.3, 0.4) is 0 Å². The fourth-order valence-corrected chi connectivity index (χ4v) is 1.94. The van der Waals surface area contributed by atoms with Crippen LogP contribution < -0.4 is 0 Å². The van der Waals surface area contributed by atoms with Gasteiger partial charge in [0.1, 0.15) is 0 Å². The third-order valence-electron chi connectivity index (χ3n) is 1.54. The Balaban J connectivity index is 2.84. The molecule has 0 aliphatic heterocycles. The van der Waals surface area contributed by atoms with Gasteiger partial charge in [-0.15, -0.1) is 0 Å². The van der Waals surface area contributed by atoms with Crippen molar-refractivity contribution < 1.29 is 12.8 Å². The van der Waals surface area contributed by atoms with E-state index < -0.39 is 14.1 Å². The van der Waals surface area contributed by atoms with Crippen LogP contribution in [-0.4, -0.2) is 13.4 Å². The van der Waals surface area contributed by atoms with E-state index in [1.165, 1.54) is 0 Å². The summed E-state index contributed by atoms with van der Waals surface area (Å²) in [6, 6.07) is 0. The Morgan fingerprint density at radius 2 is 1.89 bits per heavy atom. The van der Waals surface area contributed by atoms with Gasteiger partial charge in [0.2, 0.25) is 5.00 Å². The molecule has 0 unspecified atom stereocenters. The smallest absolute Gasteiger partial charge is 0.225 e. The molecule has 0 atom stereocenters. The second-order valence-electron chi connectivity index (χ2n) is 2.17. The van der Waals surface area contributed by atoms with Crippen molar-refractivity contribution in [1.29, 1.82) is 0 Å². The molecule has 1 fully saturated rings. The normalized spacial score (nSPS) is 25.1. The van der Waals surface area contributed by atoms with Crippen LogP contribution in [0, 0.1) is 0 Å². The van der Waals surface area contributed by atoms with E-state index in [1.807, 2.05) is 0 Å². The van der Waals surface area contributed by atoms with Crippen LogP contribution in [0.25, 0.3) is 0 Å². The molecule has 0 bridgehead atoms. The Morgan fingerprint density at radius 1 is 1.44 bits per heavy atom. The first-order valence-electron chi connectivity index (χ1n) is 2.59. The van der Waals surface area contributed by atoms with Gasteiger partial charge >= 0.3 is 0 Å². The van der Waals surface area contributed by atoms with Gasteiger partial charge in [0, 0.05) is 10.7 Å². The molecule has 9 heavy (non-hydrogen) atoms. The van der Waals surface area contributed by atoms with Gasteiger partial charge in [-0.2, -0.15) is 0 Å². The largest absolute Gasteiger partial charge is 0.267 e. The summed E-state index contributed by atoms with van der Waals surface area (Å²) in [5.41, 5.74) is 0. The maximum absolute atomic E-state index is 12.7. The maximum Gasteiger partial charge on any atom is 0.267 e. The van der Waals surface area contributed by atoms with E-state index in [0.29, 0.717) is 6.42 Å². The van der Waals surface area contributed by atoms with Gasteiger partial charge < -0.3 is 0 Å². The van der Waals surface area contributed by atoms with Crippen LogP contribution in [0.4, 0.5) is 4.39 Å². The fraction of sp³-hybridized carbons (Fsp3) is 1.00. The van der Waals surface area contributed by atoms with Gasteiger partial charge in [0.15, 0.2) is 0 Å². The predicted octanol–water partition coefficient (Wildman–Crippen LogP) is 1.40. The molecular formula is C4H6ClFO2S. The van der Waals surface area contributed by atoms with Crippen LogP contribution >= 0.6 is 10.7 Å². The SMILES string of the molecule is O=S(=O)(Cl)C1(F)CCC1. The average Bonchev–Trinajstić information content (AvgIpc) is 1.57. The van der Waals surface area contributed by atoms with E-state index >= 15 is 0 Å². The number of halogens is 2. The summed E-state index contributed by atoms with van der Waals surface area (Å²) in [5.74, 6) is 0. The molecular weight excluding hydrogens is 167 g/mol. The molecule has 1 saturated carbocycles. The second kappa shape index (κ2) is 1.83. The highest BCUT2D eigenvalue weighted by Gasteiger charge is 2.48. The Bertz CT molecular complexity index is 207. The number of rotatable bonds is 1. The molecule has 5 heteroatoms. The lowest BCUT2D eigenvalue weighted by Gasteiger charge is -2.29. The zero-order valence-electron chi connectivity index (χ0n) is 4.60. The minimum Gasteiger partial charge on any atom is -0.225 e. The van der Waals surface area contributed by atoms with Crippen molar-refractivity contribution in [2.75, 3.05) is 0 Å². The summed E-state index contributed by atoms with van der Waals surface area (Å²) in [6.45, 7) is 0. The summed E-state index contributed by atoms with van der Waals surface area (Å²) >= 11 is 0. The lowest BCUT2D eigenvalue weighted by atomic mass is 9.97. The first-order chi connectivity index (χ1) is 3.96. The quantitative estimate of drug-likeness (QED) is 0.561. The number of hydrogen-bond donors (Lipinski definition) is 0. The van der Waals surface area contributed by atoms with E-state index in [4.69, 9.17) is 10.7 Å². The molecule has 1 aliphatic rings.